The highest BCUT2D eigenvalue weighted by Crippen LogP contribution is 2.32. The topological polar surface area (TPSA) is 84.0 Å². The van der Waals surface area contributed by atoms with E-state index >= 15 is 0 Å². The Hall–Kier alpha value is -3.29. The maximum absolute atomic E-state index is 12.4. The molecule has 0 unspecified atom stereocenters. The minimum atomic E-state index is -0.283. The zero-order chi connectivity index (χ0) is 19.3. The molecule has 2 aliphatic heterocycles. The van der Waals surface area contributed by atoms with Gasteiger partial charge in [0.05, 0.1) is 0 Å². The van der Waals surface area contributed by atoms with Gasteiger partial charge >= 0.3 is 0 Å². The van der Waals surface area contributed by atoms with Gasteiger partial charge in [0.15, 0.2) is 11.5 Å². The Kier molecular flexibility index (Phi) is 5.27. The Balaban J connectivity index is 1.22. The molecule has 8 heteroatoms. The van der Waals surface area contributed by atoms with Crippen LogP contribution in [0.4, 0.5) is 5.82 Å². The summed E-state index contributed by atoms with van der Waals surface area (Å²) in [5.74, 6) is 1.86. The third-order valence-electron chi connectivity index (χ3n) is 4.84. The number of hydrogen-bond acceptors (Lipinski definition) is 6. The molecule has 8 nitrogen and oxygen atoms in total. The molecule has 1 fully saturated rings. The molecule has 0 radical (unpaired) electrons. The van der Waals surface area contributed by atoms with E-state index in [1.165, 1.54) is 0 Å². The molecule has 0 atom stereocenters. The molecule has 0 spiro atoms. The second-order valence-electron chi connectivity index (χ2n) is 6.70. The maximum Gasteiger partial charge on any atom is 0.232 e. The summed E-state index contributed by atoms with van der Waals surface area (Å²) in [6.45, 7) is 3.16. The average Bonchev–Trinajstić information content (AvgIpc) is 3.21. The number of anilines is 1. The lowest BCUT2D eigenvalue weighted by Gasteiger charge is -2.35. The molecule has 2 aromatic rings. The van der Waals surface area contributed by atoms with E-state index in [-0.39, 0.29) is 25.0 Å². The standard InChI is InChI=1S/C20H22N4O4/c25-19(22-13-15-4-5-16-17(11-15)28-14-27-16)12-20(26)24-9-7-23(8-10-24)18-3-1-2-6-21-18/h1-6,11H,7-10,12-14H2,(H,22,25). The van der Waals surface area contributed by atoms with Crippen molar-refractivity contribution in [2.75, 3.05) is 37.9 Å². The predicted octanol–water partition coefficient (Wildman–Crippen LogP) is 1.17. The van der Waals surface area contributed by atoms with E-state index in [0.29, 0.717) is 44.2 Å². The Morgan fingerprint density at radius 3 is 2.64 bits per heavy atom. The van der Waals surface area contributed by atoms with Crippen LogP contribution >= 0.6 is 0 Å². The van der Waals surface area contributed by atoms with Gasteiger partial charge in [0, 0.05) is 38.9 Å². The first-order valence-corrected chi connectivity index (χ1v) is 9.28. The van der Waals surface area contributed by atoms with Gasteiger partial charge in [-0.25, -0.2) is 4.98 Å². The Bertz CT molecular complexity index is 851. The monoisotopic (exact) mass is 382 g/mol. The van der Waals surface area contributed by atoms with Gasteiger partial charge in [-0.05, 0) is 29.8 Å². The fourth-order valence-corrected chi connectivity index (χ4v) is 3.29. The van der Waals surface area contributed by atoms with Gasteiger partial charge in [-0.15, -0.1) is 0 Å². The van der Waals surface area contributed by atoms with Crippen molar-refractivity contribution < 1.29 is 19.1 Å². The summed E-state index contributed by atoms with van der Waals surface area (Å²) in [5.41, 5.74) is 0.897. The van der Waals surface area contributed by atoms with Crippen LogP contribution in [-0.2, 0) is 16.1 Å². The molecular formula is C20H22N4O4. The number of rotatable bonds is 5. The number of amides is 2. The van der Waals surface area contributed by atoms with Crippen LogP contribution in [0.15, 0.2) is 42.6 Å². The number of fused-ring (bicyclic) bond motifs is 1. The number of carbonyl (C=O) groups excluding carboxylic acids is 2. The quantitative estimate of drug-likeness (QED) is 0.782. The van der Waals surface area contributed by atoms with Crippen LogP contribution < -0.4 is 19.7 Å². The molecule has 0 bridgehead atoms. The van der Waals surface area contributed by atoms with Crippen molar-refractivity contribution in [3.05, 3.63) is 48.2 Å². The van der Waals surface area contributed by atoms with Crippen LogP contribution in [0.25, 0.3) is 0 Å². The number of nitrogens with zero attached hydrogens (tertiary/aromatic N) is 3. The lowest BCUT2D eigenvalue weighted by Crippen LogP contribution is -2.49. The van der Waals surface area contributed by atoms with Crippen molar-refractivity contribution in [3.63, 3.8) is 0 Å². The summed E-state index contributed by atoms with van der Waals surface area (Å²) in [5, 5.41) is 2.79. The van der Waals surface area contributed by atoms with E-state index < -0.39 is 0 Å². The van der Waals surface area contributed by atoms with Crippen molar-refractivity contribution in [2.45, 2.75) is 13.0 Å². The van der Waals surface area contributed by atoms with Crippen LogP contribution in [-0.4, -0.2) is 54.7 Å². The summed E-state index contributed by atoms with van der Waals surface area (Å²) in [6.07, 6.45) is 1.62. The number of pyridine rings is 1. The second-order valence-corrected chi connectivity index (χ2v) is 6.70. The third-order valence-corrected chi connectivity index (χ3v) is 4.84. The average molecular weight is 382 g/mol. The van der Waals surface area contributed by atoms with E-state index in [1.807, 2.05) is 36.4 Å². The van der Waals surface area contributed by atoms with E-state index in [0.717, 1.165) is 11.4 Å². The highest BCUT2D eigenvalue weighted by molar-refractivity contribution is 5.96. The van der Waals surface area contributed by atoms with Gasteiger partial charge in [0.2, 0.25) is 18.6 Å². The van der Waals surface area contributed by atoms with Crippen molar-refractivity contribution in [2.24, 2.45) is 0 Å². The van der Waals surface area contributed by atoms with Gasteiger partial charge in [0.1, 0.15) is 12.2 Å². The summed E-state index contributed by atoms with van der Waals surface area (Å²) in [7, 11) is 0. The van der Waals surface area contributed by atoms with Crippen LogP contribution in [0.2, 0.25) is 0 Å². The van der Waals surface area contributed by atoms with Gasteiger partial charge in [0.25, 0.3) is 0 Å². The van der Waals surface area contributed by atoms with Crippen molar-refractivity contribution in [3.8, 4) is 11.5 Å². The lowest BCUT2D eigenvalue weighted by molar-refractivity contribution is -0.136. The lowest BCUT2D eigenvalue weighted by atomic mass is 10.2. The molecule has 0 aliphatic carbocycles. The zero-order valence-electron chi connectivity index (χ0n) is 15.5. The molecule has 1 aromatic heterocycles. The van der Waals surface area contributed by atoms with Crippen LogP contribution in [0.3, 0.4) is 0 Å². The normalized spacial score (nSPS) is 15.4. The molecule has 146 valence electrons. The van der Waals surface area contributed by atoms with Crippen LogP contribution in [0.1, 0.15) is 12.0 Å². The Morgan fingerprint density at radius 2 is 1.86 bits per heavy atom. The molecule has 4 rings (SSSR count). The fourth-order valence-electron chi connectivity index (χ4n) is 3.29. The van der Waals surface area contributed by atoms with E-state index in [2.05, 4.69) is 15.2 Å². The Labute approximate surface area is 163 Å². The number of nitrogens with one attached hydrogen (secondary N) is 1. The predicted molar refractivity (Wildman–Crippen MR) is 102 cm³/mol. The summed E-state index contributed by atoms with van der Waals surface area (Å²) in [6, 6.07) is 11.3. The van der Waals surface area contributed by atoms with Gasteiger partial charge < -0.3 is 24.6 Å². The SMILES string of the molecule is O=C(CC(=O)N1CCN(c2ccccn2)CC1)NCc1ccc2c(c1)OCO2. The molecule has 2 aliphatic rings. The first-order valence-electron chi connectivity index (χ1n) is 9.28. The van der Waals surface area contributed by atoms with E-state index in [4.69, 9.17) is 9.47 Å². The third kappa shape index (κ3) is 4.16. The summed E-state index contributed by atoms with van der Waals surface area (Å²) >= 11 is 0. The number of benzene rings is 1. The zero-order valence-corrected chi connectivity index (χ0v) is 15.5. The van der Waals surface area contributed by atoms with Gasteiger partial charge in [-0.3, -0.25) is 9.59 Å². The van der Waals surface area contributed by atoms with Crippen molar-refractivity contribution >= 4 is 17.6 Å². The highest BCUT2D eigenvalue weighted by atomic mass is 16.7. The number of aromatic nitrogens is 1. The molecular weight excluding hydrogens is 360 g/mol. The molecule has 1 saturated heterocycles. The van der Waals surface area contributed by atoms with Crippen LogP contribution in [0, 0.1) is 0 Å². The molecule has 2 amide bonds. The molecule has 28 heavy (non-hydrogen) atoms. The largest absolute Gasteiger partial charge is 0.454 e. The van der Waals surface area contributed by atoms with Crippen LogP contribution in [0.5, 0.6) is 11.5 Å². The first kappa shape index (κ1) is 18.1. The minimum Gasteiger partial charge on any atom is -0.454 e. The maximum atomic E-state index is 12.4. The number of hydrogen-bond donors (Lipinski definition) is 1. The first-order chi connectivity index (χ1) is 13.7. The highest BCUT2D eigenvalue weighted by Gasteiger charge is 2.23. The molecule has 1 N–H and O–H groups in total. The van der Waals surface area contributed by atoms with Crippen molar-refractivity contribution in [1.82, 2.24) is 15.2 Å². The van der Waals surface area contributed by atoms with E-state index in [1.54, 1.807) is 11.1 Å². The fraction of sp³-hybridized carbons (Fsp3) is 0.350. The number of piperazine rings is 1. The van der Waals surface area contributed by atoms with E-state index in [9.17, 15) is 9.59 Å². The second kappa shape index (κ2) is 8.16. The smallest absolute Gasteiger partial charge is 0.232 e. The molecule has 0 saturated carbocycles. The molecule has 3 heterocycles. The summed E-state index contributed by atoms with van der Waals surface area (Å²) < 4.78 is 10.6. The van der Waals surface area contributed by atoms with Gasteiger partial charge in [-0.2, -0.15) is 0 Å². The summed E-state index contributed by atoms with van der Waals surface area (Å²) in [4.78, 5) is 32.8. The van der Waals surface area contributed by atoms with Crippen molar-refractivity contribution in [1.29, 1.82) is 0 Å². The Morgan fingerprint density at radius 1 is 1.04 bits per heavy atom. The molecule has 1 aromatic carbocycles. The number of carbonyl (C=O) groups is 2. The number of ether oxygens (including phenoxy) is 2. The minimum absolute atomic E-state index is 0.145. The van der Waals surface area contributed by atoms with Gasteiger partial charge in [-0.1, -0.05) is 12.1 Å².